The summed E-state index contributed by atoms with van der Waals surface area (Å²) in [6.45, 7) is 0. The van der Waals surface area contributed by atoms with Crippen LogP contribution in [0.5, 0.6) is 0 Å². The summed E-state index contributed by atoms with van der Waals surface area (Å²) in [7, 11) is -10.3. The lowest BCUT2D eigenvalue weighted by molar-refractivity contribution is -0.0670. The highest BCUT2D eigenvalue weighted by molar-refractivity contribution is 7.52. The third-order valence-electron chi connectivity index (χ3n) is 5.55. The molecule has 22 heteroatoms. The lowest BCUT2D eigenvalue weighted by Crippen LogP contribution is -2.41. The molecule has 0 radical (unpaired) electrons. The van der Waals surface area contributed by atoms with Crippen molar-refractivity contribution >= 4 is 33.3 Å². The average molecular weight is 577 g/mol. The SMILES string of the molecule is NC(=O)c1ncn(C2O[C@@H](C(O)P(=O)(O)O)[C@H](O)[C@@H]2O)c1N=CNC1O[C@H](C(O)P(=O)(O)O)[C@@H](O)[C@H]1O. The van der Waals surface area contributed by atoms with Gasteiger partial charge in [0.05, 0.1) is 12.7 Å². The van der Waals surface area contributed by atoms with Crippen molar-refractivity contribution in [1.82, 2.24) is 14.9 Å². The first-order valence-electron chi connectivity index (χ1n) is 10.1. The van der Waals surface area contributed by atoms with Crippen molar-refractivity contribution in [1.29, 1.82) is 0 Å². The highest BCUT2D eigenvalue weighted by Crippen LogP contribution is 2.47. The largest absolute Gasteiger partial charge is 0.387 e. The second-order valence-corrected chi connectivity index (χ2v) is 11.5. The van der Waals surface area contributed by atoms with E-state index in [0.29, 0.717) is 0 Å². The molecule has 13 N–H and O–H groups in total. The Morgan fingerprint density at radius 2 is 1.51 bits per heavy atom. The molecule has 10 atom stereocenters. The van der Waals surface area contributed by atoms with E-state index in [4.69, 9.17) is 34.8 Å². The fraction of sp³-hybridized carbons (Fsp3) is 0.667. The lowest BCUT2D eigenvalue weighted by atomic mass is 10.1. The zero-order valence-electron chi connectivity index (χ0n) is 18.3. The second-order valence-electron chi connectivity index (χ2n) is 8.09. The number of nitrogens with two attached hydrogens (primary N) is 1. The molecule has 20 nitrogen and oxygen atoms in total. The number of nitrogens with zero attached hydrogens (tertiary/aromatic N) is 3. The van der Waals surface area contributed by atoms with Gasteiger partial charge in [-0.3, -0.25) is 18.5 Å². The highest BCUT2D eigenvalue weighted by atomic mass is 31.2. The molecule has 1 amide bonds. The summed E-state index contributed by atoms with van der Waals surface area (Å²) in [5.74, 6) is -6.57. The summed E-state index contributed by atoms with van der Waals surface area (Å²) in [5, 5.41) is 62.3. The van der Waals surface area contributed by atoms with Crippen LogP contribution in [0.1, 0.15) is 16.7 Å². The number of carbonyl (C=O) groups is 1. The molecule has 2 saturated heterocycles. The predicted octanol–water partition coefficient (Wildman–Crippen LogP) is -5.71. The van der Waals surface area contributed by atoms with Gasteiger partial charge < -0.3 is 70.7 Å². The Labute approximate surface area is 205 Å². The quantitative estimate of drug-likeness (QED) is 0.0738. The monoisotopic (exact) mass is 577 g/mol. The minimum Gasteiger partial charge on any atom is -0.387 e. The number of aliphatic hydroxyl groups is 6. The molecule has 1 aromatic heterocycles. The number of hydrogen-bond donors (Lipinski definition) is 12. The molecule has 3 rings (SSSR count). The van der Waals surface area contributed by atoms with Crippen LogP contribution in [0.25, 0.3) is 0 Å². The van der Waals surface area contributed by atoms with Gasteiger partial charge >= 0.3 is 15.2 Å². The van der Waals surface area contributed by atoms with E-state index in [-0.39, 0.29) is 0 Å². The summed E-state index contributed by atoms with van der Waals surface area (Å²) in [5.41, 5.74) is 4.72. The second kappa shape index (κ2) is 10.7. The fourth-order valence-electron chi connectivity index (χ4n) is 3.65. The molecule has 37 heavy (non-hydrogen) atoms. The predicted molar refractivity (Wildman–Crippen MR) is 115 cm³/mol. The highest BCUT2D eigenvalue weighted by Gasteiger charge is 2.52. The van der Waals surface area contributed by atoms with Crippen LogP contribution in [0.3, 0.4) is 0 Å². The molecule has 0 aliphatic carbocycles. The van der Waals surface area contributed by atoms with Crippen molar-refractivity contribution in [2.45, 2.75) is 60.8 Å². The number of ether oxygens (including phenoxy) is 2. The molecule has 4 unspecified atom stereocenters. The fourth-order valence-corrected chi connectivity index (χ4v) is 4.91. The molecule has 2 aliphatic heterocycles. The minimum atomic E-state index is -5.18. The van der Waals surface area contributed by atoms with E-state index in [2.05, 4.69) is 15.3 Å². The van der Waals surface area contributed by atoms with Gasteiger partial charge in [0.1, 0.15) is 36.6 Å². The first kappa shape index (κ1) is 29.7. The van der Waals surface area contributed by atoms with E-state index < -0.39 is 93.4 Å². The van der Waals surface area contributed by atoms with Gasteiger partial charge in [0.25, 0.3) is 5.91 Å². The van der Waals surface area contributed by atoms with Gasteiger partial charge in [0.15, 0.2) is 35.7 Å². The van der Waals surface area contributed by atoms with Crippen molar-refractivity contribution in [2.24, 2.45) is 10.7 Å². The molecular weight excluding hydrogens is 552 g/mol. The summed E-state index contributed by atoms with van der Waals surface area (Å²) in [6.07, 6.45) is -13.1. The van der Waals surface area contributed by atoms with Crippen molar-refractivity contribution in [3.8, 4) is 0 Å². The number of carbonyl (C=O) groups excluding carboxylic acids is 1. The van der Waals surface area contributed by atoms with E-state index in [1.165, 1.54) is 0 Å². The molecule has 0 bridgehead atoms. The Balaban J connectivity index is 1.83. The molecule has 0 aromatic carbocycles. The van der Waals surface area contributed by atoms with E-state index >= 15 is 0 Å². The number of imidazole rings is 1. The van der Waals surface area contributed by atoms with E-state index in [9.17, 15) is 44.6 Å². The van der Waals surface area contributed by atoms with Crippen molar-refractivity contribution in [2.75, 3.05) is 0 Å². The molecular formula is C15H25N5O15P2. The van der Waals surface area contributed by atoms with Crippen LogP contribution in [-0.4, -0.2) is 127 Å². The Morgan fingerprint density at radius 3 is 2.03 bits per heavy atom. The summed E-state index contributed by atoms with van der Waals surface area (Å²) in [6, 6.07) is 0. The topological polar surface area (TPSA) is 340 Å². The first-order chi connectivity index (χ1) is 17.0. The van der Waals surface area contributed by atoms with Gasteiger partial charge in [-0.2, -0.15) is 0 Å². The normalized spacial score (nSPS) is 34.6. The third-order valence-corrected chi connectivity index (χ3v) is 7.52. The summed E-state index contributed by atoms with van der Waals surface area (Å²) < 4.78 is 33.7. The van der Waals surface area contributed by atoms with E-state index in [1.54, 1.807) is 0 Å². The Morgan fingerprint density at radius 1 is 1.00 bits per heavy atom. The average Bonchev–Trinajstić information content (AvgIpc) is 3.42. The van der Waals surface area contributed by atoms with Gasteiger partial charge in [-0.1, -0.05) is 0 Å². The van der Waals surface area contributed by atoms with Crippen LogP contribution in [0.4, 0.5) is 5.82 Å². The Hall–Kier alpha value is -1.87. The zero-order valence-corrected chi connectivity index (χ0v) is 20.0. The van der Waals surface area contributed by atoms with Crippen LogP contribution in [0.2, 0.25) is 0 Å². The smallest absolute Gasteiger partial charge is 0.356 e. The van der Waals surface area contributed by atoms with Crippen LogP contribution >= 0.6 is 15.2 Å². The molecule has 0 spiro atoms. The zero-order chi connectivity index (χ0) is 28.0. The van der Waals surface area contributed by atoms with Gasteiger partial charge in [-0.15, -0.1) is 0 Å². The van der Waals surface area contributed by atoms with Crippen molar-refractivity contribution in [3.05, 3.63) is 12.0 Å². The number of hydrogen-bond acceptors (Lipinski definition) is 13. The Bertz CT molecular complexity index is 1120. The number of rotatable bonds is 9. The number of aliphatic hydroxyl groups excluding tert-OH is 6. The molecule has 2 aliphatic rings. The summed E-state index contributed by atoms with van der Waals surface area (Å²) in [4.78, 5) is 55.8. The maximum atomic E-state index is 11.8. The molecule has 2 fully saturated rings. The molecule has 0 saturated carbocycles. The van der Waals surface area contributed by atoms with Gasteiger partial charge in [0, 0.05) is 0 Å². The number of aliphatic imine (C=N–C) groups is 1. The van der Waals surface area contributed by atoms with Crippen molar-refractivity contribution < 1.29 is 73.6 Å². The maximum Gasteiger partial charge on any atom is 0.356 e. The molecule has 1 aromatic rings. The molecule has 210 valence electrons. The summed E-state index contributed by atoms with van der Waals surface area (Å²) >= 11 is 0. The number of nitrogens with one attached hydrogen (secondary N) is 1. The third kappa shape index (κ3) is 5.92. The van der Waals surface area contributed by atoms with E-state index in [1.807, 2.05) is 0 Å². The number of primary amides is 1. The van der Waals surface area contributed by atoms with Crippen LogP contribution in [-0.2, 0) is 18.6 Å². The molecule has 3 heterocycles. The Kier molecular flexibility index (Phi) is 8.60. The maximum absolute atomic E-state index is 11.8. The minimum absolute atomic E-state index is 0.456. The number of amides is 1. The van der Waals surface area contributed by atoms with Gasteiger partial charge in [0.2, 0.25) is 0 Å². The van der Waals surface area contributed by atoms with Gasteiger partial charge in [-0.25, -0.2) is 9.98 Å². The van der Waals surface area contributed by atoms with Crippen LogP contribution in [0, 0.1) is 0 Å². The number of aromatic nitrogens is 2. The van der Waals surface area contributed by atoms with Gasteiger partial charge in [-0.05, 0) is 0 Å². The van der Waals surface area contributed by atoms with Crippen LogP contribution in [0.15, 0.2) is 11.3 Å². The first-order valence-corrected chi connectivity index (χ1v) is 13.5. The van der Waals surface area contributed by atoms with Crippen molar-refractivity contribution in [3.63, 3.8) is 0 Å². The van der Waals surface area contributed by atoms with Crippen LogP contribution < -0.4 is 11.1 Å². The lowest BCUT2D eigenvalue weighted by Gasteiger charge is -2.21. The standard InChI is InChI=1S/C15H25N5O15P2/c16-10(25)3-11(17-1-18-12-6(23)4(21)8(34-12)14(26)36(28,29)30)20(2-19-3)13-7(24)5(22)9(35-13)15(27)37(31,32)33/h1-2,4-9,12-15,21-24,26-27H,(H2,16,25)(H,17,18)(H2,28,29,30)(H2,31,32,33)/t4-,5+,6+,7-,8-,9+,12?,13?,14?,15?/m0/s1. The van der Waals surface area contributed by atoms with E-state index in [0.717, 1.165) is 17.2 Å².